The molecule has 11 aromatic rings. The first kappa shape index (κ1) is 34.7. The van der Waals surface area contributed by atoms with E-state index in [4.69, 9.17) is 14.4 Å². The predicted octanol–water partition coefficient (Wildman–Crippen LogP) is 15.1. The molecular weight excluding hydrogens is 753 g/mol. The zero-order valence-electron chi connectivity index (χ0n) is 33.6. The maximum absolute atomic E-state index is 6.40. The van der Waals surface area contributed by atoms with Gasteiger partial charge in [-0.25, -0.2) is 9.97 Å². The molecule has 0 atom stereocenters. The van der Waals surface area contributed by atoms with Crippen LogP contribution in [0.15, 0.2) is 223 Å². The normalized spacial score (nSPS) is 13.0. The van der Waals surface area contributed by atoms with Gasteiger partial charge in [0.1, 0.15) is 11.2 Å². The first-order valence-electron chi connectivity index (χ1n) is 21.2. The lowest BCUT2D eigenvalue weighted by atomic mass is 9.65. The molecule has 62 heavy (non-hydrogen) atoms. The smallest absolute Gasteiger partial charge is 0.160 e. The van der Waals surface area contributed by atoms with Crippen molar-refractivity contribution in [3.05, 3.63) is 241 Å². The summed E-state index contributed by atoms with van der Waals surface area (Å²) in [6, 6.07) is 78.8. The molecule has 0 fully saturated rings. The van der Waals surface area contributed by atoms with Gasteiger partial charge in [0, 0.05) is 27.5 Å². The monoisotopic (exact) mass is 788 g/mol. The van der Waals surface area contributed by atoms with Gasteiger partial charge < -0.3 is 4.42 Å². The molecule has 9 aromatic carbocycles. The van der Waals surface area contributed by atoms with E-state index in [1.807, 2.05) is 12.1 Å². The molecule has 0 saturated carbocycles. The molecule has 0 bridgehead atoms. The average molecular weight is 789 g/mol. The topological polar surface area (TPSA) is 38.9 Å². The van der Waals surface area contributed by atoms with Gasteiger partial charge >= 0.3 is 0 Å². The molecule has 2 aliphatic rings. The lowest BCUT2D eigenvalue weighted by Crippen LogP contribution is -2.29. The van der Waals surface area contributed by atoms with E-state index in [1.54, 1.807) is 0 Å². The molecule has 3 nitrogen and oxygen atoms in total. The Hall–Kier alpha value is -8.14. The van der Waals surface area contributed by atoms with Gasteiger partial charge in [-0.3, -0.25) is 0 Å². The SMILES string of the molecule is c1ccc(-c2cccc(-c3cc(-c4ccc5c(c4)C4(c6ccccc6-c6ccccc6-5)c5ccccc5-c5ccccc54)nc(-c4ccc5c(c4)oc4ccccc45)n3)c2)cc1. The van der Waals surface area contributed by atoms with Gasteiger partial charge in [0.2, 0.25) is 0 Å². The van der Waals surface area contributed by atoms with Crippen LogP contribution in [0.1, 0.15) is 22.3 Å². The lowest BCUT2D eigenvalue weighted by molar-refractivity contribution is 0.669. The van der Waals surface area contributed by atoms with E-state index in [0.717, 1.165) is 61.1 Å². The number of furan rings is 1. The summed E-state index contributed by atoms with van der Waals surface area (Å²) in [5, 5.41) is 2.17. The third kappa shape index (κ3) is 5.06. The Morgan fingerprint density at radius 3 is 1.48 bits per heavy atom. The van der Waals surface area contributed by atoms with Crippen LogP contribution in [0.25, 0.3) is 100 Å². The molecule has 0 saturated heterocycles. The Kier molecular flexibility index (Phi) is 7.52. The van der Waals surface area contributed by atoms with Gasteiger partial charge in [-0.15, -0.1) is 0 Å². The van der Waals surface area contributed by atoms with Crippen LogP contribution in [0.2, 0.25) is 0 Å². The predicted molar refractivity (Wildman–Crippen MR) is 253 cm³/mol. The van der Waals surface area contributed by atoms with Crippen LogP contribution in [-0.4, -0.2) is 9.97 Å². The van der Waals surface area contributed by atoms with Crippen molar-refractivity contribution >= 4 is 21.9 Å². The maximum Gasteiger partial charge on any atom is 0.160 e. The van der Waals surface area contributed by atoms with Crippen LogP contribution < -0.4 is 0 Å². The Labute approximate surface area is 359 Å². The Bertz CT molecular complexity index is 3550. The first-order chi connectivity index (χ1) is 30.7. The van der Waals surface area contributed by atoms with Crippen LogP contribution in [0, 0.1) is 0 Å². The minimum absolute atomic E-state index is 0.594. The first-order valence-corrected chi connectivity index (χ1v) is 21.2. The van der Waals surface area contributed by atoms with Gasteiger partial charge in [0.15, 0.2) is 5.82 Å². The van der Waals surface area contributed by atoms with E-state index >= 15 is 0 Å². The average Bonchev–Trinajstić information content (AvgIpc) is 3.84. The molecule has 2 heterocycles. The fraction of sp³-hybridized carbons (Fsp3) is 0.0169. The van der Waals surface area contributed by atoms with Crippen molar-refractivity contribution in [3.8, 4) is 78.4 Å². The minimum atomic E-state index is -0.594. The highest BCUT2D eigenvalue weighted by molar-refractivity contribution is 6.06. The molecule has 0 N–H and O–H groups in total. The Morgan fingerprint density at radius 1 is 0.290 bits per heavy atom. The second kappa shape index (κ2) is 13.4. The van der Waals surface area contributed by atoms with Gasteiger partial charge in [-0.05, 0) is 103 Å². The molecular formula is C59H36N2O. The number of aromatic nitrogens is 2. The van der Waals surface area contributed by atoms with E-state index < -0.39 is 5.41 Å². The fourth-order valence-corrected chi connectivity index (χ4v) is 10.4. The summed E-state index contributed by atoms with van der Waals surface area (Å²) in [6.45, 7) is 0. The number of nitrogens with zero attached hydrogens (tertiary/aromatic N) is 2. The molecule has 0 unspecified atom stereocenters. The fourth-order valence-electron chi connectivity index (χ4n) is 10.4. The van der Waals surface area contributed by atoms with E-state index in [2.05, 4.69) is 206 Å². The molecule has 0 amide bonds. The van der Waals surface area contributed by atoms with Crippen molar-refractivity contribution in [1.82, 2.24) is 9.97 Å². The number of hydrogen-bond donors (Lipinski definition) is 0. The highest BCUT2D eigenvalue weighted by atomic mass is 16.3. The summed E-state index contributed by atoms with van der Waals surface area (Å²) in [5.41, 5.74) is 20.6. The highest BCUT2D eigenvalue weighted by Crippen LogP contribution is 2.61. The zero-order valence-corrected chi connectivity index (χ0v) is 33.6. The number of hydrogen-bond acceptors (Lipinski definition) is 3. The van der Waals surface area contributed by atoms with E-state index in [1.165, 1.54) is 55.6 Å². The van der Waals surface area contributed by atoms with Crippen LogP contribution in [0.5, 0.6) is 0 Å². The van der Waals surface area contributed by atoms with Crippen LogP contribution >= 0.6 is 0 Å². The molecule has 2 aromatic heterocycles. The van der Waals surface area contributed by atoms with E-state index in [9.17, 15) is 0 Å². The maximum atomic E-state index is 6.40. The van der Waals surface area contributed by atoms with Crippen molar-refractivity contribution < 1.29 is 4.42 Å². The number of para-hydroxylation sites is 1. The van der Waals surface area contributed by atoms with Crippen molar-refractivity contribution in [3.63, 3.8) is 0 Å². The molecule has 288 valence electrons. The number of fused-ring (bicyclic) bond motifs is 15. The van der Waals surface area contributed by atoms with Crippen molar-refractivity contribution in [2.75, 3.05) is 0 Å². The second-order valence-corrected chi connectivity index (χ2v) is 16.4. The molecule has 1 spiro atoms. The quantitative estimate of drug-likeness (QED) is 0.178. The van der Waals surface area contributed by atoms with Crippen molar-refractivity contribution in [2.24, 2.45) is 0 Å². The zero-order chi connectivity index (χ0) is 40.8. The van der Waals surface area contributed by atoms with Gasteiger partial charge in [0.25, 0.3) is 0 Å². The highest BCUT2D eigenvalue weighted by Gasteiger charge is 2.49. The van der Waals surface area contributed by atoms with Crippen molar-refractivity contribution in [2.45, 2.75) is 5.41 Å². The van der Waals surface area contributed by atoms with Crippen molar-refractivity contribution in [1.29, 1.82) is 0 Å². The van der Waals surface area contributed by atoms with Gasteiger partial charge in [-0.1, -0.05) is 182 Å². The van der Waals surface area contributed by atoms with E-state index in [-0.39, 0.29) is 0 Å². The van der Waals surface area contributed by atoms with Crippen LogP contribution in [-0.2, 0) is 5.41 Å². The number of rotatable bonds is 4. The molecule has 0 aliphatic heterocycles. The largest absolute Gasteiger partial charge is 0.456 e. The summed E-state index contributed by atoms with van der Waals surface area (Å²) < 4.78 is 6.40. The standard InChI is InChI=1S/C59H36N2O/c1-2-15-37(16-3-1)38-17-14-18-39(33-38)54-36-55(61-58(60-54)41-30-32-49-48-24-9-13-28-56(48)62-57(49)35-41)40-29-31-47-43-20-5-4-19-42(43)44-21-6-10-25-50(44)59(53(47)34-40)51-26-11-7-22-45(51)46-23-8-12-27-52(46)59/h1-36H. The van der Waals surface area contributed by atoms with Crippen LogP contribution in [0.4, 0.5) is 0 Å². The molecule has 3 heteroatoms. The molecule has 0 radical (unpaired) electrons. The number of benzene rings is 9. The van der Waals surface area contributed by atoms with Gasteiger partial charge in [0.05, 0.1) is 16.8 Å². The Balaban J connectivity index is 1.09. The third-order valence-corrected chi connectivity index (χ3v) is 13.1. The summed E-state index contributed by atoms with van der Waals surface area (Å²) in [5.74, 6) is 0.641. The van der Waals surface area contributed by atoms with E-state index in [0.29, 0.717) is 5.82 Å². The summed E-state index contributed by atoms with van der Waals surface area (Å²) in [7, 11) is 0. The summed E-state index contributed by atoms with van der Waals surface area (Å²) in [4.78, 5) is 10.8. The second-order valence-electron chi connectivity index (χ2n) is 16.4. The summed E-state index contributed by atoms with van der Waals surface area (Å²) >= 11 is 0. The molecule has 2 aliphatic carbocycles. The summed E-state index contributed by atoms with van der Waals surface area (Å²) in [6.07, 6.45) is 0. The lowest BCUT2D eigenvalue weighted by Gasteiger charge is -2.35. The third-order valence-electron chi connectivity index (χ3n) is 13.1. The van der Waals surface area contributed by atoms with Crippen LogP contribution in [0.3, 0.4) is 0 Å². The Morgan fingerprint density at radius 2 is 0.790 bits per heavy atom. The minimum Gasteiger partial charge on any atom is -0.456 e. The molecule has 13 rings (SSSR count). The van der Waals surface area contributed by atoms with Gasteiger partial charge in [-0.2, -0.15) is 0 Å².